The minimum absolute atomic E-state index is 0.703. The first kappa shape index (κ1) is 13.6. The highest BCUT2D eigenvalue weighted by Crippen LogP contribution is 2.15. The summed E-state index contributed by atoms with van der Waals surface area (Å²) >= 11 is 0. The van der Waals surface area contributed by atoms with Crippen LogP contribution in [0, 0.1) is 13.8 Å². The van der Waals surface area contributed by atoms with Crippen molar-refractivity contribution in [3.05, 3.63) is 17.3 Å². The molecule has 4 nitrogen and oxygen atoms in total. The fourth-order valence-corrected chi connectivity index (χ4v) is 2.44. The molecule has 102 valence electrons. The Hall–Kier alpha value is -0.870. The van der Waals surface area contributed by atoms with E-state index in [0.29, 0.717) is 6.04 Å². The van der Waals surface area contributed by atoms with E-state index in [-0.39, 0.29) is 0 Å². The maximum Gasteiger partial charge on any atom is 0.208 e. The summed E-state index contributed by atoms with van der Waals surface area (Å²) in [7, 11) is 0. The SMILES string of the molecule is CCCNC1CCN(Cc2nc(C)c(C)o2)CC1. The zero-order valence-corrected chi connectivity index (χ0v) is 11.8. The smallest absolute Gasteiger partial charge is 0.208 e. The lowest BCUT2D eigenvalue weighted by molar-refractivity contribution is 0.175. The molecule has 1 aromatic heterocycles. The topological polar surface area (TPSA) is 41.3 Å². The normalized spacial score (nSPS) is 18.4. The molecule has 1 aromatic rings. The molecule has 0 aromatic carbocycles. The van der Waals surface area contributed by atoms with Crippen LogP contribution < -0.4 is 5.32 Å². The van der Waals surface area contributed by atoms with Crippen LogP contribution in [0.2, 0.25) is 0 Å². The monoisotopic (exact) mass is 251 g/mol. The standard InChI is InChI=1S/C14H25N3O/c1-4-7-15-13-5-8-17(9-6-13)10-14-16-11(2)12(3)18-14/h13,15H,4-10H2,1-3H3. The maximum absolute atomic E-state index is 5.64. The van der Waals surface area contributed by atoms with Crippen molar-refractivity contribution >= 4 is 0 Å². The fourth-order valence-electron chi connectivity index (χ4n) is 2.44. The van der Waals surface area contributed by atoms with Crippen LogP contribution in [0.4, 0.5) is 0 Å². The Labute approximate surface area is 110 Å². The largest absolute Gasteiger partial charge is 0.444 e. The molecule has 2 heterocycles. The van der Waals surface area contributed by atoms with E-state index in [1.54, 1.807) is 0 Å². The van der Waals surface area contributed by atoms with E-state index in [0.717, 1.165) is 43.5 Å². The molecule has 18 heavy (non-hydrogen) atoms. The number of oxazole rings is 1. The predicted molar refractivity (Wildman–Crippen MR) is 72.6 cm³/mol. The molecule has 0 aliphatic carbocycles. The van der Waals surface area contributed by atoms with E-state index >= 15 is 0 Å². The average molecular weight is 251 g/mol. The molecular formula is C14H25N3O. The van der Waals surface area contributed by atoms with Crippen molar-refractivity contribution in [2.24, 2.45) is 0 Å². The van der Waals surface area contributed by atoms with Crippen molar-refractivity contribution in [2.75, 3.05) is 19.6 Å². The van der Waals surface area contributed by atoms with Crippen molar-refractivity contribution in [1.82, 2.24) is 15.2 Å². The quantitative estimate of drug-likeness (QED) is 0.871. The molecule has 0 atom stereocenters. The third-order valence-corrected chi connectivity index (χ3v) is 3.70. The predicted octanol–water partition coefficient (Wildman–Crippen LogP) is 2.26. The van der Waals surface area contributed by atoms with Gasteiger partial charge in [0.25, 0.3) is 0 Å². The molecule has 0 radical (unpaired) electrons. The molecule has 0 amide bonds. The third kappa shape index (κ3) is 3.56. The number of aryl methyl sites for hydroxylation is 2. The van der Waals surface area contributed by atoms with Crippen LogP contribution in [-0.2, 0) is 6.54 Å². The lowest BCUT2D eigenvalue weighted by atomic mass is 10.1. The first-order valence-electron chi connectivity index (χ1n) is 7.07. The van der Waals surface area contributed by atoms with Crippen molar-refractivity contribution < 1.29 is 4.42 Å². The van der Waals surface area contributed by atoms with Gasteiger partial charge < -0.3 is 9.73 Å². The second kappa shape index (κ2) is 6.34. The van der Waals surface area contributed by atoms with Gasteiger partial charge in [-0.1, -0.05) is 6.92 Å². The van der Waals surface area contributed by atoms with Gasteiger partial charge in [0, 0.05) is 19.1 Å². The summed E-state index contributed by atoms with van der Waals surface area (Å²) < 4.78 is 5.64. The Bertz CT molecular complexity index is 348. The lowest BCUT2D eigenvalue weighted by Gasteiger charge is -2.31. The van der Waals surface area contributed by atoms with Crippen LogP contribution in [0.1, 0.15) is 43.5 Å². The van der Waals surface area contributed by atoms with E-state index in [4.69, 9.17) is 4.42 Å². The Morgan fingerprint density at radius 3 is 2.61 bits per heavy atom. The average Bonchev–Trinajstić information content (AvgIpc) is 2.67. The molecule has 0 unspecified atom stereocenters. The van der Waals surface area contributed by atoms with Gasteiger partial charge in [0.2, 0.25) is 5.89 Å². The van der Waals surface area contributed by atoms with E-state index in [2.05, 4.69) is 22.1 Å². The second-order valence-corrected chi connectivity index (χ2v) is 5.25. The van der Waals surface area contributed by atoms with Crippen molar-refractivity contribution in [3.63, 3.8) is 0 Å². The van der Waals surface area contributed by atoms with Crippen LogP contribution in [-0.4, -0.2) is 35.6 Å². The summed E-state index contributed by atoms with van der Waals surface area (Å²) in [5.41, 5.74) is 1.02. The first-order chi connectivity index (χ1) is 8.69. The molecule has 1 fully saturated rings. The summed E-state index contributed by atoms with van der Waals surface area (Å²) in [6, 6.07) is 0.703. The molecular weight excluding hydrogens is 226 g/mol. The van der Waals surface area contributed by atoms with Crippen LogP contribution in [0.15, 0.2) is 4.42 Å². The molecule has 0 bridgehead atoms. The van der Waals surface area contributed by atoms with E-state index in [1.807, 2.05) is 13.8 Å². The van der Waals surface area contributed by atoms with Gasteiger partial charge in [-0.25, -0.2) is 4.98 Å². The number of nitrogens with zero attached hydrogens (tertiary/aromatic N) is 2. The molecule has 1 N–H and O–H groups in total. The van der Waals surface area contributed by atoms with Crippen LogP contribution in [0.5, 0.6) is 0 Å². The Kier molecular flexibility index (Phi) is 4.78. The van der Waals surface area contributed by atoms with Gasteiger partial charge in [-0.3, -0.25) is 4.90 Å². The van der Waals surface area contributed by atoms with Gasteiger partial charge in [-0.15, -0.1) is 0 Å². The third-order valence-electron chi connectivity index (χ3n) is 3.70. The summed E-state index contributed by atoms with van der Waals surface area (Å²) in [6.45, 7) is 10.5. The van der Waals surface area contributed by atoms with E-state index < -0.39 is 0 Å². The summed E-state index contributed by atoms with van der Waals surface area (Å²) in [5, 5.41) is 3.60. The molecule has 0 spiro atoms. The molecule has 2 rings (SSSR count). The molecule has 1 aliphatic rings. The van der Waals surface area contributed by atoms with Crippen LogP contribution in [0.3, 0.4) is 0 Å². The number of hydrogen-bond donors (Lipinski definition) is 1. The number of aromatic nitrogens is 1. The maximum atomic E-state index is 5.64. The zero-order valence-electron chi connectivity index (χ0n) is 11.8. The van der Waals surface area contributed by atoms with E-state index in [9.17, 15) is 0 Å². The number of piperidine rings is 1. The van der Waals surface area contributed by atoms with Crippen LogP contribution >= 0.6 is 0 Å². The fraction of sp³-hybridized carbons (Fsp3) is 0.786. The van der Waals surface area contributed by atoms with Gasteiger partial charge in [0.1, 0.15) is 5.76 Å². The van der Waals surface area contributed by atoms with Gasteiger partial charge in [-0.05, 0) is 39.7 Å². The minimum atomic E-state index is 0.703. The molecule has 1 aliphatic heterocycles. The lowest BCUT2D eigenvalue weighted by Crippen LogP contribution is -2.42. The molecule has 1 saturated heterocycles. The number of hydrogen-bond acceptors (Lipinski definition) is 4. The summed E-state index contributed by atoms with van der Waals surface area (Å²) in [6.07, 6.45) is 3.69. The highest BCUT2D eigenvalue weighted by molar-refractivity contribution is 5.05. The van der Waals surface area contributed by atoms with Crippen molar-refractivity contribution in [1.29, 1.82) is 0 Å². The molecule has 0 saturated carbocycles. The zero-order chi connectivity index (χ0) is 13.0. The Morgan fingerprint density at radius 2 is 2.06 bits per heavy atom. The van der Waals surface area contributed by atoms with Gasteiger partial charge >= 0.3 is 0 Å². The Balaban J connectivity index is 1.76. The first-order valence-corrected chi connectivity index (χ1v) is 7.07. The van der Waals surface area contributed by atoms with E-state index in [1.165, 1.54) is 19.3 Å². The minimum Gasteiger partial charge on any atom is -0.444 e. The molecule has 4 heteroatoms. The number of likely N-dealkylation sites (tertiary alicyclic amines) is 1. The van der Waals surface area contributed by atoms with Crippen LogP contribution in [0.25, 0.3) is 0 Å². The highest BCUT2D eigenvalue weighted by atomic mass is 16.4. The summed E-state index contributed by atoms with van der Waals surface area (Å²) in [5.74, 6) is 1.81. The summed E-state index contributed by atoms with van der Waals surface area (Å²) in [4.78, 5) is 6.89. The highest BCUT2D eigenvalue weighted by Gasteiger charge is 2.20. The number of nitrogens with one attached hydrogen (secondary N) is 1. The number of rotatable bonds is 5. The Morgan fingerprint density at radius 1 is 1.33 bits per heavy atom. The van der Waals surface area contributed by atoms with Gasteiger partial charge in [0.15, 0.2) is 0 Å². The second-order valence-electron chi connectivity index (χ2n) is 5.25. The van der Waals surface area contributed by atoms with Crippen molar-refractivity contribution in [3.8, 4) is 0 Å². The van der Waals surface area contributed by atoms with Gasteiger partial charge in [0.05, 0.1) is 12.2 Å². The van der Waals surface area contributed by atoms with Gasteiger partial charge in [-0.2, -0.15) is 0 Å². The van der Waals surface area contributed by atoms with Crippen molar-refractivity contribution in [2.45, 2.75) is 52.6 Å².